The van der Waals surface area contributed by atoms with Crippen molar-refractivity contribution < 1.29 is 0 Å². The van der Waals surface area contributed by atoms with E-state index in [9.17, 15) is 0 Å². The monoisotopic (exact) mass is 245 g/mol. The van der Waals surface area contributed by atoms with Gasteiger partial charge in [0.1, 0.15) is 5.82 Å². The fraction of sp³-hybridized carbons (Fsp3) is 0.636. The summed E-state index contributed by atoms with van der Waals surface area (Å²) in [6.07, 6.45) is 4.41. The first-order chi connectivity index (χ1) is 8.83. The second-order valence-electron chi connectivity index (χ2n) is 5.07. The summed E-state index contributed by atoms with van der Waals surface area (Å²) in [7, 11) is 0. The molecule has 0 atom stereocenters. The summed E-state index contributed by atoms with van der Waals surface area (Å²) in [6, 6.07) is 0.996. The highest BCUT2D eigenvalue weighted by molar-refractivity contribution is 5.48. The lowest BCUT2D eigenvalue weighted by atomic mass is 10.2. The van der Waals surface area contributed by atoms with Crippen molar-refractivity contribution in [1.82, 2.24) is 35.1 Å². The molecule has 0 spiro atoms. The minimum atomic E-state index is 0.435. The fourth-order valence-electron chi connectivity index (χ4n) is 2.33. The van der Waals surface area contributed by atoms with Gasteiger partial charge in [0.2, 0.25) is 0 Å². The molecule has 2 aliphatic rings. The SMILES string of the molecule is Cc1nnc(-c2cn(C3CNC3)nn2)n1C1CC1. The Hall–Kier alpha value is -1.76. The first kappa shape index (κ1) is 10.2. The molecule has 7 nitrogen and oxygen atoms in total. The van der Waals surface area contributed by atoms with Crippen LogP contribution >= 0.6 is 0 Å². The Balaban J connectivity index is 1.71. The van der Waals surface area contributed by atoms with Crippen molar-refractivity contribution in [2.45, 2.75) is 31.8 Å². The Kier molecular flexibility index (Phi) is 2.05. The predicted molar refractivity (Wildman–Crippen MR) is 64.0 cm³/mol. The summed E-state index contributed by atoms with van der Waals surface area (Å²) in [5.74, 6) is 1.82. The van der Waals surface area contributed by atoms with Gasteiger partial charge in [0.05, 0.1) is 12.2 Å². The van der Waals surface area contributed by atoms with Crippen molar-refractivity contribution in [2.24, 2.45) is 0 Å². The number of aromatic nitrogens is 6. The Morgan fingerprint density at radius 3 is 2.67 bits per heavy atom. The molecule has 18 heavy (non-hydrogen) atoms. The van der Waals surface area contributed by atoms with Crippen LogP contribution in [0.1, 0.15) is 30.7 Å². The molecule has 2 aromatic rings. The summed E-state index contributed by atoms with van der Waals surface area (Å²) >= 11 is 0. The summed E-state index contributed by atoms with van der Waals surface area (Å²) in [6.45, 7) is 3.93. The third kappa shape index (κ3) is 1.47. The van der Waals surface area contributed by atoms with Crippen LogP contribution in [0, 0.1) is 6.92 Å². The number of hydrogen-bond acceptors (Lipinski definition) is 5. The van der Waals surface area contributed by atoms with Gasteiger partial charge < -0.3 is 9.88 Å². The van der Waals surface area contributed by atoms with Crippen LogP contribution in [0.4, 0.5) is 0 Å². The van der Waals surface area contributed by atoms with E-state index in [1.165, 1.54) is 12.8 Å². The fourth-order valence-corrected chi connectivity index (χ4v) is 2.33. The summed E-state index contributed by atoms with van der Waals surface area (Å²) in [5.41, 5.74) is 0.828. The second kappa shape index (κ2) is 3.61. The van der Waals surface area contributed by atoms with Crippen LogP contribution < -0.4 is 5.32 Å². The molecule has 0 radical (unpaired) electrons. The van der Waals surface area contributed by atoms with Crippen molar-refractivity contribution in [3.8, 4) is 11.5 Å². The minimum absolute atomic E-state index is 0.435. The number of nitrogens with one attached hydrogen (secondary N) is 1. The Morgan fingerprint density at radius 1 is 1.17 bits per heavy atom. The largest absolute Gasteiger partial charge is 0.312 e. The highest BCUT2D eigenvalue weighted by Gasteiger charge is 2.30. The zero-order valence-electron chi connectivity index (χ0n) is 10.2. The van der Waals surface area contributed by atoms with E-state index < -0.39 is 0 Å². The van der Waals surface area contributed by atoms with Crippen LogP contribution in [0.5, 0.6) is 0 Å². The van der Waals surface area contributed by atoms with Gasteiger partial charge in [-0.1, -0.05) is 5.21 Å². The van der Waals surface area contributed by atoms with Crippen LogP contribution in [0.2, 0.25) is 0 Å². The van der Waals surface area contributed by atoms with E-state index in [0.29, 0.717) is 12.1 Å². The van der Waals surface area contributed by atoms with Crippen molar-refractivity contribution in [3.05, 3.63) is 12.0 Å². The Labute approximate surface area is 104 Å². The van der Waals surface area contributed by atoms with Gasteiger partial charge in [-0.3, -0.25) is 0 Å². The van der Waals surface area contributed by atoms with E-state index in [1.54, 1.807) is 0 Å². The third-order valence-corrected chi connectivity index (χ3v) is 3.65. The van der Waals surface area contributed by atoms with Crippen LogP contribution in [0.25, 0.3) is 11.5 Å². The van der Waals surface area contributed by atoms with E-state index in [-0.39, 0.29) is 0 Å². The lowest BCUT2D eigenvalue weighted by molar-refractivity contribution is 0.313. The zero-order valence-corrected chi connectivity index (χ0v) is 10.2. The van der Waals surface area contributed by atoms with Gasteiger partial charge in [0.15, 0.2) is 11.5 Å². The maximum atomic E-state index is 4.25. The highest BCUT2D eigenvalue weighted by atomic mass is 15.5. The van der Waals surface area contributed by atoms with Gasteiger partial charge in [0, 0.05) is 19.1 Å². The molecule has 1 aliphatic heterocycles. The van der Waals surface area contributed by atoms with Crippen molar-refractivity contribution in [3.63, 3.8) is 0 Å². The zero-order chi connectivity index (χ0) is 12.1. The molecule has 2 aromatic heterocycles. The van der Waals surface area contributed by atoms with Crippen LogP contribution in [0.15, 0.2) is 6.20 Å². The number of aryl methyl sites for hydroxylation is 1. The van der Waals surface area contributed by atoms with Gasteiger partial charge in [-0.25, -0.2) is 4.68 Å². The molecule has 3 heterocycles. The standard InChI is InChI=1S/C11H15N7/c1-7-13-15-11(18(7)8-2-3-8)10-6-17(16-14-10)9-4-12-5-9/h6,8-9,12H,2-5H2,1H3. The molecule has 1 saturated carbocycles. The lowest BCUT2D eigenvalue weighted by Gasteiger charge is -2.26. The van der Waals surface area contributed by atoms with Crippen molar-refractivity contribution in [1.29, 1.82) is 0 Å². The van der Waals surface area contributed by atoms with E-state index in [0.717, 1.165) is 30.4 Å². The summed E-state index contributed by atoms with van der Waals surface area (Å²) in [4.78, 5) is 0. The molecular weight excluding hydrogens is 230 g/mol. The average Bonchev–Trinajstić information content (AvgIpc) is 2.89. The summed E-state index contributed by atoms with van der Waals surface area (Å²) < 4.78 is 4.11. The van der Waals surface area contributed by atoms with Gasteiger partial charge in [0.25, 0.3) is 0 Å². The van der Waals surface area contributed by atoms with Crippen LogP contribution in [0.3, 0.4) is 0 Å². The van der Waals surface area contributed by atoms with Crippen LogP contribution in [-0.2, 0) is 0 Å². The van der Waals surface area contributed by atoms with E-state index in [1.807, 2.05) is 17.8 Å². The normalized spacial score (nSPS) is 20.1. The van der Waals surface area contributed by atoms with Gasteiger partial charge >= 0.3 is 0 Å². The Bertz CT molecular complexity index is 576. The first-order valence-corrected chi connectivity index (χ1v) is 6.37. The molecule has 1 N–H and O–H groups in total. The molecule has 0 bridgehead atoms. The molecule has 4 rings (SSSR count). The smallest absolute Gasteiger partial charge is 0.186 e. The van der Waals surface area contributed by atoms with Crippen molar-refractivity contribution >= 4 is 0 Å². The molecule has 0 aromatic carbocycles. The maximum Gasteiger partial charge on any atom is 0.186 e. The van der Waals surface area contributed by atoms with Gasteiger partial charge in [-0.2, -0.15) is 0 Å². The molecule has 94 valence electrons. The molecule has 1 aliphatic carbocycles. The number of hydrogen-bond donors (Lipinski definition) is 1. The number of rotatable bonds is 3. The minimum Gasteiger partial charge on any atom is -0.312 e. The molecule has 1 saturated heterocycles. The highest BCUT2D eigenvalue weighted by Crippen LogP contribution is 2.38. The molecular formula is C11H15N7. The van der Waals surface area contributed by atoms with E-state index >= 15 is 0 Å². The number of nitrogens with zero attached hydrogens (tertiary/aromatic N) is 6. The quantitative estimate of drug-likeness (QED) is 0.843. The van der Waals surface area contributed by atoms with Gasteiger partial charge in [-0.05, 0) is 19.8 Å². The average molecular weight is 245 g/mol. The summed E-state index contributed by atoms with van der Waals surface area (Å²) in [5, 5.41) is 20.1. The van der Waals surface area contributed by atoms with Gasteiger partial charge in [-0.15, -0.1) is 15.3 Å². The van der Waals surface area contributed by atoms with Crippen LogP contribution in [-0.4, -0.2) is 42.8 Å². The Morgan fingerprint density at radius 2 is 2.00 bits per heavy atom. The van der Waals surface area contributed by atoms with E-state index in [2.05, 4.69) is 30.4 Å². The molecule has 0 unspecified atom stereocenters. The van der Waals surface area contributed by atoms with E-state index in [4.69, 9.17) is 0 Å². The maximum absolute atomic E-state index is 4.25. The predicted octanol–water partition coefficient (Wildman–Crippen LogP) is 0.324. The second-order valence-corrected chi connectivity index (χ2v) is 5.07. The third-order valence-electron chi connectivity index (χ3n) is 3.65. The lowest BCUT2D eigenvalue weighted by Crippen LogP contribution is -2.43. The van der Waals surface area contributed by atoms with Crippen molar-refractivity contribution in [2.75, 3.05) is 13.1 Å². The topological polar surface area (TPSA) is 73.5 Å². The molecule has 7 heteroatoms. The first-order valence-electron chi connectivity index (χ1n) is 6.37. The molecule has 0 amide bonds. The molecule has 2 fully saturated rings.